The lowest BCUT2D eigenvalue weighted by atomic mass is 10.1. The van der Waals surface area contributed by atoms with Gasteiger partial charge in [-0.05, 0) is 44.5 Å². The van der Waals surface area contributed by atoms with Gasteiger partial charge in [0.05, 0.1) is 5.52 Å². The van der Waals surface area contributed by atoms with Gasteiger partial charge in [-0.2, -0.15) is 0 Å². The van der Waals surface area contributed by atoms with Gasteiger partial charge in [-0.25, -0.2) is 0 Å². The van der Waals surface area contributed by atoms with Crippen LogP contribution in [0.2, 0.25) is 0 Å². The lowest BCUT2D eigenvalue weighted by molar-refractivity contribution is 1.26. The molecule has 0 radical (unpaired) electrons. The predicted molar refractivity (Wildman–Crippen MR) is 71.3 cm³/mol. The van der Waals surface area contributed by atoms with E-state index in [0.29, 0.717) is 0 Å². The SMILES string of the molecule is Cc1ccc2c(ccc3sc(C)c(C)c32)n1. The van der Waals surface area contributed by atoms with Gasteiger partial charge < -0.3 is 0 Å². The Balaban J connectivity index is 2.57. The Hall–Kier alpha value is -1.41. The first-order valence-electron chi connectivity index (χ1n) is 5.43. The van der Waals surface area contributed by atoms with Gasteiger partial charge in [0.25, 0.3) is 0 Å². The highest BCUT2D eigenvalue weighted by atomic mass is 32.1. The number of rotatable bonds is 0. The molecule has 0 N–H and O–H groups in total. The van der Waals surface area contributed by atoms with E-state index >= 15 is 0 Å². The Morgan fingerprint density at radius 2 is 1.81 bits per heavy atom. The van der Waals surface area contributed by atoms with Crippen molar-refractivity contribution in [1.82, 2.24) is 4.98 Å². The highest BCUT2D eigenvalue weighted by molar-refractivity contribution is 7.19. The van der Waals surface area contributed by atoms with Gasteiger partial charge in [-0.1, -0.05) is 6.07 Å². The summed E-state index contributed by atoms with van der Waals surface area (Å²) in [6.45, 7) is 6.43. The van der Waals surface area contributed by atoms with Gasteiger partial charge >= 0.3 is 0 Å². The Kier molecular flexibility index (Phi) is 2.01. The van der Waals surface area contributed by atoms with E-state index in [4.69, 9.17) is 0 Å². The third kappa shape index (κ3) is 1.26. The van der Waals surface area contributed by atoms with Gasteiger partial charge in [0.1, 0.15) is 0 Å². The van der Waals surface area contributed by atoms with E-state index in [2.05, 4.69) is 43.1 Å². The van der Waals surface area contributed by atoms with Crippen molar-refractivity contribution in [3.63, 3.8) is 0 Å². The zero-order chi connectivity index (χ0) is 11.3. The number of aromatic nitrogens is 1. The predicted octanol–water partition coefficient (Wildman–Crippen LogP) is 4.37. The van der Waals surface area contributed by atoms with Crippen molar-refractivity contribution in [2.24, 2.45) is 0 Å². The second-order valence-corrected chi connectivity index (χ2v) is 5.50. The molecule has 1 nitrogen and oxygen atoms in total. The molecule has 0 bridgehead atoms. The second-order valence-electron chi connectivity index (χ2n) is 4.24. The van der Waals surface area contributed by atoms with Crippen molar-refractivity contribution in [3.8, 4) is 0 Å². The maximum atomic E-state index is 4.58. The molecule has 0 spiro atoms. The number of hydrogen-bond acceptors (Lipinski definition) is 2. The molecule has 0 saturated carbocycles. The zero-order valence-corrected chi connectivity index (χ0v) is 10.5. The normalized spacial score (nSPS) is 11.4. The van der Waals surface area contributed by atoms with E-state index < -0.39 is 0 Å². The number of benzene rings is 1. The van der Waals surface area contributed by atoms with Gasteiger partial charge in [-0.3, -0.25) is 4.98 Å². The third-order valence-electron chi connectivity index (χ3n) is 3.14. The zero-order valence-electron chi connectivity index (χ0n) is 9.66. The average Bonchev–Trinajstić information content (AvgIpc) is 2.55. The van der Waals surface area contributed by atoms with Crippen LogP contribution in [0.25, 0.3) is 21.0 Å². The molecule has 16 heavy (non-hydrogen) atoms. The summed E-state index contributed by atoms with van der Waals surface area (Å²) in [5.41, 5.74) is 3.58. The molecule has 0 atom stereocenters. The lowest BCUT2D eigenvalue weighted by Crippen LogP contribution is -1.83. The Morgan fingerprint density at radius 1 is 1.00 bits per heavy atom. The Bertz CT molecular complexity index is 695. The maximum Gasteiger partial charge on any atom is 0.0712 e. The number of aryl methyl sites for hydroxylation is 3. The summed E-state index contributed by atoms with van der Waals surface area (Å²) in [4.78, 5) is 5.99. The molecule has 3 rings (SSSR count). The maximum absolute atomic E-state index is 4.58. The minimum Gasteiger partial charge on any atom is -0.253 e. The van der Waals surface area contributed by atoms with Crippen LogP contribution in [-0.2, 0) is 0 Å². The number of pyridine rings is 1. The molecule has 0 aliphatic heterocycles. The van der Waals surface area contributed by atoms with Crippen molar-refractivity contribution in [2.75, 3.05) is 0 Å². The molecule has 3 aromatic rings. The monoisotopic (exact) mass is 227 g/mol. The molecule has 2 heteroatoms. The molecule has 0 fully saturated rings. The fraction of sp³-hybridized carbons (Fsp3) is 0.214. The van der Waals surface area contributed by atoms with Crippen molar-refractivity contribution >= 4 is 32.3 Å². The Labute approximate surface area is 98.7 Å². The summed E-state index contributed by atoms with van der Waals surface area (Å²) >= 11 is 1.87. The molecule has 0 aliphatic rings. The summed E-state index contributed by atoms with van der Waals surface area (Å²) in [6.07, 6.45) is 0. The van der Waals surface area contributed by atoms with Crippen molar-refractivity contribution in [3.05, 3.63) is 40.4 Å². The van der Waals surface area contributed by atoms with E-state index in [0.717, 1.165) is 11.2 Å². The number of hydrogen-bond donors (Lipinski definition) is 0. The van der Waals surface area contributed by atoms with Crippen LogP contribution in [0.4, 0.5) is 0 Å². The van der Waals surface area contributed by atoms with Gasteiger partial charge in [0.2, 0.25) is 0 Å². The fourth-order valence-corrected chi connectivity index (χ4v) is 3.26. The van der Waals surface area contributed by atoms with E-state index in [1.54, 1.807) is 0 Å². The second kappa shape index (κ2) is 3.29. The largest absolute Gasteiger partial charge is 0.253 e. The first-order chi connectivity index (χ1) is 7.66. The van der Waals surface area contributed by atoms with Crippen molar-refractivity contribution in [2.45, 2.75) is 20.8 Å². The molecule has 80 valence electrons. The summed E-state index contributed by atoms with van der Waals surface area (Å²) in [5, 5.41) is 2.66. The number of nitrogens with zero attached hydrogens (tertiary/aromatic N) is 1. The quantitative estimate of drug-likeness (QED) is 0.555. The topological polar surface area (TPSA) is 12.9 Å². The highest BCUT2D eigenvalue weighted by Gasteiger charge is 2.08. The molecule has 0 saturated heterocycles. The first kappa shape index (κ1) is 9.79. The van der Waals surface area contributed by atoms with E-state index in [1.165, 1.54) is 25.9 Å². The summed E-state index contributed by atoms with van der Waals surface area (Å²) in [5.74, 6) is 0. The molecule has 2 aromatic heterocycles. The van der Waals surface area contributed by atoms with Crippen LogP contribution in [0.15, 0.2) is 24.3 Å². The van der Waals surface area contributed by atoms with Gasteiger partial charge in [-0.15, -0.1) is 11.3 Å². The smallest absolute Gasteiger partial charge is 0.0712 e. The van der Waals surface area contributed by atoms with Crippen LogP contribution in [0.3, 0.4) is 0 Å². The molecule has 1 aromatic carbocycles. The number of thiophene rings is 1. The third-order valence-corrected chi connectivity index (χ3v) is 4.31. The summed E-state index contributed by atoms with van der Waals surface area (Å²) in [7, 11) is 0. The van der Waals surface area contributed by atoms with Crippen LogP contribution in [-0.4, -0.2) is 4.98 Å². The number of fused-ring (bicyclic) bond motifs is 3. The van der Waals surface area contributed by atoms with E-state index in [9.17, 15) is 0 Å². The van der Waals surface area contributed by atoms with Crippen LogP contribution < -0.4 is 0 Å². The molecule has 2 heterocycles. The van der Waals surface area contributed by atoms with Crippen molar-refractivity contribution in [1.29, 1.82) is 0 Å². The lowest BCUT2D eigenvalue weighted by Gasteiger charge is -2.01. The molecule has 0 aliphatic carbocycles. The first-order valence-corrected chi connectivity index (χ1v) is 6.24. The molecule has 0 unspecified atom stereocenters. The fourth-order valence-electron chi connectivity index (χ4n) is 2.18. The summed E-state index contributed by atoms with van der Waals surface area (Å²) in [6, 6.07) is 8.60. The highest BCUT2D eigenvalue weighted by Crippen LogP contribution is 2.35. The minimum absolute atomic E-state index is 1.08. The van der Waals surface area contributed by atoms with Crippen LogP contribution in [0.1, 0.15) is 16.1 Å². The van der Waals surface area contributed by atoms with Gasteiger partial charge in [0, 0.05) is 26.0 Å². The van der Waals surface area contributed by atoms with Crippen LogP contribution in [0, 0.1) is 20.8 Å². The van der Waals surface area contributed by atoms with E-state index in [-0.39, 0.29) is 0 Å². The molecule has 0 amide bonds. The Morgan fingerprint density at radius 3 is 2.62 bits per heavy atom. The van der Waals surface area contributed by atoms with Gasteiger partial charge in [0.15, 0.2) is 0 Å². The average molecular weight is 227 g/mol. The molecular formula is C14H13NS. The van der Waals surface area contributed by atoms with E-state index in [1.807, 2.05) is 18.3 Å². The summed E-state index contributed by atoms with van der Waals surface area (Å²) < 4.78 is 1.37. The van der Waals surface area contributed by atoms with Crippen LogP contribution >= 0.6 is 11.3 Å². The van der Waals surface area contributed by atoms with Crippen molar-refractivity contribution < 1.29 is 0 Å². The molecular weight excluding hydrogens is 214 g/mol. The standard InChI is InChI=1S/C14H13NS/c1-8-4-5-11-12(15-8)6-7-13-14(11)9(2)10(3)16-13/h4-7H,1-3H3. The van der Waals surface area contributed by atoms with Crippen LogP contribution in [0.5, 0.6) is 0 Å². The minimum atomic E-state index is 1.08.